The normalized spacial score (nSPS) is 17.1. The molecule has 0 unspecified atom stereocenters. The fourth-order valence-electron chi connectivity index (χ4n) is 4.53. The van der Waals surface area contributed by atoms with Crippen LogP contribution in [0.25, 0.3) is 5.69 Å². The van der Waals surface area contributed by atoms with Crippen molar-refractivity contribution in [3.05, 3.63) is 88.4 Å². The predicted molar refractivity (Wildman–Crippen MR) is 148 cm³/mol. The third-order valence-electron chi connectivity index (χ3n) is 6.94. The molecule has 1 aromatic carbocycles. The highest BCUT2D eigenvalue weighted by molar-refractivity contribution is 7.99. The number of carbonyl (C=O) groups excluding carboxylic acids is 1. The molecule has 0 saturated heterocycles. The summed E-state index contributed by atoms with van der Waals surface area (Å²) >= 11 is 1.72. The fraction of sp³-hybridized carbons (Fsp3) is 0.414. The van der Waals surface area contributed by atoms with Crippen LogP contribution in [0, 0.1) is 0 Å². The standard InChI is InChI=1S/C29H36N4O2S/c1-4-6-11-22(5-2)21(3)30-18-16-27(34)32-19-17-26-25(20-32)28(35)33(23-12-8-7-9-13-23)29(31-26)36-24-14-10-15-24/h4-9,11-13,21,24,30H,1,10,14-20H2,2-3H3/b11-6-,22-5+/t21-/m1/s1. The van der Waals surface area contributed by atoms with Crippen molar-refractivity contribution < 1.29 is 4.79 Å². The van der Waals surface area contributed by atoms with Gasteiger partial charge in [0.25, 0.3) is 5.56 Å². The molecule has 1 amide bonds. The number of nitrogens with zero attached hydrogens (tertiary/aromatic N) is 3. The van der Waals surface area contributed by atoms with Gasteiger partial charge in [-0.1, -0.05) is 67.3 Å². The lowest BCUT2D eigenvalue weighted by atomic mass is 10.0. The molecule has 1 aliphatic carbocycles. The minimum Gasteiger partial charge on any atom is -0.338 e. The van der Waals surface area contributed by atoms with Crippen LogP contribution in [-0.4, -0.2) is 44.7 Å². The van der Waals surface area contributed by atoms with Gasteiger partial charge in [-0.15, -0.1) is 0 Å². The van der Waals surface area contributed by atoms with E-state index >= 15 is 0 Å². The molecule has 1 aromatic heterocycles. The highest BCUT2D eigenvalue weighted by Gasteiger charge is 2.28. The Labute approximate surface area is 218 Å². The lowest BCUT2D eigenvalue weighted by Crippen LogP contribution is -2.42. The monoisotopic (exact) mass is 504 g/mol. The van der Waals surface area contributed by atoms with E-state index in [-0.39, 0.29) is 17.5 Å². The molecule has 0 bridgehead atoms. The van der Waals surface area contributed by atoms with Gasteiger partial charge >= 0.3 is 0 Å². The van der Waals surface area contributed by atoms with Gasteiger partial charge in [0, 0.05) is 37.2 Å². The second-order valence-corrected chi connectivity index (χ2v) is 10.6. The Balaban J connectivity index is 1.47. The van der Waals surface area contributed by atoms with Crippen molar-refractivity contribution in [1.29, 1.82) is 0 Å². The molecule has 190 valence electrons. The number of carbonyl (C=O) groups is 1. The smallest absolute Gasteiger partial charge is 0.264 e. The van der Waals surface area contributed by atoms with Gasteiger partial charge in [0.05, 0.1) is 23.5 Å². The number of fused-ring (bicyclic) bond motifs is 1. The molecule has 7 heteroatoms. The molecule has 2 heterocycles. The molecule has 6 nitrogen and oxygen atoms in total. The predicted octanol–water partition coefficient (Wildman–Crippen LogP) is 4.82. The molecule has 2 aromatic rings. The number of allylic oxidation sites excluding steroid dienone is 3. The number of nitrogens with one attached hydrogen (secondary N) is 1. The van der Waals surface area contributed by atoms with Crippen LogP contribution in [0.5, 0.6) is 0 Å². The van der Waals surface area contributed by atoms with Gasteiger partial charge in [-0.2, -0.15) is 0 Å². The van der Waals surface area contributed by atoms with E-state index in [2.05, 4.69) is 24.9 Å². The van der Waals surface area contributed by atoms with Crippen molar-refractivity contribution in [2.45, 2.75) is 68.9 Å². The number of thioether (sulfide) groups is 1. The summed E-state index contributed by atoms with van der Waals surface area (Å²) in [5.74, 6) is 0.0580. The number of aromatic nitrogens is 2. The maximum atomic E-state index is 13.7. The summed E-state index contributed by atoms with van der Waals surface area (Å²) in [7, 11) is 0. The van der Waals surface area contributed by atoms with E-state index in [0.29, 0.717) is 43.3 Å². The van der Waals surface area contributed by atoms with Crippen LogP contribution >= 0.6 is 11.8 Å². The van der Waals surface area contributed by atoms with Gasteiger partial charge < -0.3 is 10.2 Å². The molecule has 2 aliphatic rings. The van der Waals surface area contributed by atoms with E-state index in [9.17, 15) is 9.59 Å². The number of amides is 1. The first-order chi connectivity index (χ1) is 17.5. The zero-order chi connectivity index (χ0) is 25.5. The molecule has 0 radical (unpaired) electrons. The highest BCUT2D eigenvalue weighted by atomic mass is 32.2. The van der Waals surface area contributed by atoms with Crippen LogP contribution in [0.4, 0.5) is 0 Å². The number of rotatable bonds is 10. The van der Waals surface area contributed by atoms with E-state index in [1.807, 2.05) is 49.4 Å². The van der Waals surface area contributed by atoms with Gasteiger partial charge in [0.2, 0.25) is 5.91 Å². The number of para-hydroxylation sites is 1. The summed E-state index contributed by atoms with van der Waals surface area (Å²) in [4.78, 5) is 33.5. The van der Waals surface area contributed by atoms with Gasteiger partial charge in [-0.3, -0.25) is 14.2 Å². The summed E-state index contributed by atoms with van der Waals surface area (Å²) in [6, 6.07) is 9.85. The largest absolute Gasteiger partial charge is 0.338 e. The van der Waals surface area contributed by atoms with Crippen molar-refractivity contribution in [3.63, 3.8) is 0 Å². The second-order valence-electron chi connectivity index (χ2n) is 9.34. The Morgan fingerprint density at radius 1 is 1.31 bits per heavy atom. The van der Waals surface area contributed by atoms with Crippen LogP contribution < -0.4 is 10.9 Å². The van der Waals surface area contributed by atoms with E-state index in [0.717, 1.165) is 22.1 Å². The van der Waals surface area contributed by atoms with Gasteiger partial charge in [-0.05, 0) is 44.4 Å². The van der Waals surface area contributed by atoms with E-state index in [1.54, 1.807) is 27.3 Å². The van der Waals surface area contributed by atoms with Gasteiger partial charge in [0.1, 0.15) is 0 Å². The number of hydrogen-bond acceptors (Lipinski definition) is 5. The summed E-state index contributed by atoms with van der Waals surface area (Å²) in [6.45, 7) is 9.30. The molecule has 1 saturated carbocycles. The molecule has 36 heavy (non-hydrogen) atoms. The molecule has 0 spiro atoms. The zero-order valence-corrected chi connectivity index (χ0v) is 22.1. The Bertz CT molecular complexity index is 1200. The first kappa shape index (κ1) is 26.2. The van der Waals surface area contributed by atoms with Crippen LogP contribution in [0.2, 0.25) is 0 Å². The van der Waals surface area contributed by atoms with Gasteiger partial charge in [-0.25, -0.2) is 4.98 Å². The first-order valence-corrected chi connectivity index (χ1v) is 13.7. The maximum absolute atomic E-state index is 13.7. The average molecular weight is 505 g/mol. The summed E-state index contributed by atoms with van der Waals surface area (Å²) in [6.07, 6.45) is 12.3. The molecule has 1 aliphatic heterocycles. The van der Waals surface area contributed by atoms with Crippen molar-refractivity contribution >= 4 is 17.7 Å². The Morgan fingerprint density at radius 2 is 2.08 bits per heavy atom. The molecule has 1 atom stereocenters. The summed E-state index contributed by atoms with van der Waals surface area (Å²) in [5.41, 5.74) is 3.41. The van der Waals surface area contributed by atoms with Crippen LogP contribution in [0.15, 0.2) is 76.7 Å². The van der Waals surface area contributed by atoms with Gasteiger partial charge in [0.15, 0.2) is 5.16 Å². The van der Waals surface area contributed by atoms with Crippen molar-refractivity contribution in [1.82, 2.24) is 19.8 Å². The highest BCUT2D eigenvalue weighted by Crippen LogP contribution is 2.36. The van der Waals surface area contributed by atoms with Crippen LogP contribution in [0.3, 0.4) is 0 Å². The van der Waals surface area contributed by atoms with Crippen molar-refractivity contribution in [2.75, 3.05) is 13.1 Å². The van der Waals surface area contributed by atoms with Crippen LogP contribution in [-0.2, 0) is 17.8 Å². The minimum absolute atomic E-state index is 0.0519. The molecule has 4 rings (SSSR count). The topological polar surface area (TPSA) is 67.2 Å². The lowest BCUT2D eigenvalue weighted by molar-refractivity contribution is -0.132. The minimum atomic E-state index is -0.0519. The Hall–Kier alpha value is -2.90. The Morgan fingerprint density at radius 3 is 2.75 bits per heavy atom. The fourth-order valence-corrected chi connectivity index (χ4v) is 5.85. The third kappa shape index (κ3) is 6.08. The van der Waals surface area contributed by atoms with Crippen molar-refractivity contribution in [2.24, 2.45) is 0 Å². The lowest BCUT2D eigenvalue weighted by Gasteiger charge is -2.30. The van der Waals surface area contributed by atoms with E-state index in [4.69, 9.17) is 4.98 Å². The second kappa shape index (κ2) is 12.4. The molecule has 1 fully saturated rings. The SMILES string of the molecule is C=C/C=C\C(=C/C)[C@@H](C)NCCC(=O)N1CCc2nc(SC3CCC3)n(-c3ccccc3)c(=O)c2C1. The Kier molecular flexibility index (Phi) is 8.99. The molecule has 1 N–H and O–H groups in total. The van der Waals surface area contributed by atoms with E-state index in [1.165, 1.54) is 19.3 Å². The van der Waals surface area contributed by atoms with Crippen molar-refractivity contribution in [3.8, 4) is 5.69 Å². The number of benzene rings is 1. The zero-order valence-electron chi connectivity index (χ0n) is 21.3. The maximum Gasteiger partial charge on any atom is 0.264 e. The molecular weight excluding hydrogens is 468 g/mol. The van der Waals surface area contributed by atoms with E-state index < -0.39 is 0 Å². The summed E-state index contributed by atoms with van der Waals surface area (Å²) in [5, 5.41) is 4.73. The quantitative estimate of drug-likeness (QED) is 0.371. The summed E-state index contributed by atoms with van der Waals surface area (Å²) < 4.78 is 1.74. The third-order valence-corrected chi connectivity index (χ3v) is 8.23. The molecular formula is C29H36N4O2S. The first-order valence-electron chi connectivity index (χ1n) is 12.8. The number of hydrogen-bond donors (Lipinski definition) is 1. The average Bonchev–Trinajstić information content (AvgIpc) is 2.87. The van der Waals surface area contributed by atoms with Crippen LogP contribution in [0.1, 0.15) is 50.8 Å².